The highest BCUT2D eigenvalue weighted by Gasteiger charge is 2.08. The van der Waals surface area contributed by atoms with E-state index in [0.29, 0.717) is 27.8 Å². The molecule has 0 aliphatic heterocycles. The lowest BCUT2D eigenvalue weighted by Crippen LogP contribution is -2.03. The molecule has 1 aromatic heterocycles. The molecule has 0 aliphatic rings. The zero-order valence-electron chi connectivity index (χ0n) is 14.1. The molecule has 1 N–H and O–H groups in total. The van der Waals surface area contributed by atoms with E-state index >= 15 is 0 Å². The highest BCUT2D eigenvalue weighted by Crippen LogP contribution is 2.25. The van der Waals surface area contributed by atoms with Crippen molar-refractivity contribution in [3.63, 3.8) is 0 Å². The minimum atomic E-state index is -0.452. The van der Waals surface area contributed by atoms with E-state index in [4.69, 9.17) is 4.42 Å². The maximum Gasteiger partial charge on any atom is 0.269 e. The van der Waals surface area contributed by atoms with Gasteiger partial charge in [-0.3, -0.25) is 10.1 Å². The number of hydrogen-bond acceptors (Lipinski definition) is 5. The normalized spacial score (nSPS) is 11.6. The fraction of sp³-hybridized carbons (Fsp3) is 0. The van der Waals surface area contributed by atoms with Crippen LogP contribution in [0, 0.1) is 10.1 Å². The van der Waals surface area contributed by atoms with E-state index < -0.39 is 4.92 Å². The van der Waals surface area contributed by atoms with Gasteiger partial charge >= 0.3 is 0 Å². The maximum atomic E-state index is 10.8. The first-order valence-electron chi connectivity index (χ1n) is 8.22. The van der Waals surface area contributed by atoms with Crippen LogP contribution in [-0.4, -0.2) is 10.0 Å². The Bertz CT molecular complexity index is 1200. The standard InChI is InChI=1S/C21H14N2O4/c24-17-10-11-20-18(12-17)19(13-21(27-20)14-4-2-1-3-5-14)22-15-6-8-16(9-7-15)23(25)26/h1-13,24H. The third-order valence-corrected chi connectivity index (χ3v) is 4.10. The van der Waals surface area contributed by atoms with Crippen molar-refractivity contribution in [2.75, 3.05) is 0 Å². The Balaban J connectivity index is 1.94. The summed E-state index contributed by atoms with van der Waals surface area (Å²) in [7, 11) is 0. The molecule has 3 aromatic carbocycles. The molecular weight excluding hydrogens is 344 g/mol. The average Bonchev–Trinajstić information content (AvgIpc) is 2.69. The number of nitro groups is 1. The van der Waals surface area contributed by atoms with Crippen molar-refractivity contribution in [3.05, 3.63) is 94.3 Å². The van der Waals surface area contributed by atoms with Crippen LogP contribution in [0.15, 0.2) is 88.3 Å². The van der Waals surface area contributed by atoms with Crippen LogP contribution in [0.1, 0.15) is 0 Å². The molecule has 27 heavy (non-hydrogen) atoms. The van der Waals surface area contributed by atoms with Crippen molar-refractivity contribution in [1.29, 1.82) is 0 Å². The number of nitro benzene ring substituents is 1. The average molecular weight is 358 g/mol. The van der Waals surface area contributed by atoms with Gasteiger partial charge in [0.05, 0.1) is 16.0 Å². The first-order valence-corrected chi connectivity index (χ1v) is 8.22. The second kappa shape index (κ2) is 6.76. The Morgan fingerprint density at radius 1 is 0.926 bits per heavy atom. The van der Waals surface area contributed by atoms with Gasteiger partial charge in [0.1, 0.15) is 17.1 Å². The summed E-state index contributed by atoms with van der Waals surface area (Å²) < 4.78 is 5.97. The summed E-state index contributed by atoms with van der Waals surface area (Å²) in [6, 6.07) is 22.2. The first kappa shape index (κ1) is 16.5. The quantitative estimate of drug-likeness (QED) is 0.415. The SMILES string of the molecule is O=[N+]([O-])c1ccc(N=c2cc(-c3ccccc3)oc3ccc(O)cc23)cc1. The summed E-state index contributed by atoms with van der Waals surface area (Å²) in [6.45, 7) is 0. The first-order chi connectivity index (χ1) is 13.1. The molecule has 4 aromatic rings. The summed E-state index contributed by atoms with van der Waals surface area (Å²) in [5, 5.41) is 21.9. The van der Waals surface area contributed by atoms with Crippen molar-refractivity contribution < 1.29 is 14.4 Å². The number of hydrogen-bond donors (Lipinski definition) is 1. The van der Waals surface area contributed by atoms with Crippen molar-refractivity contribution in [2.45, 2.75) is 0 Å². The molecule has 0 spiro atoms. The van der Waals surface area contributed by atoms with Crippen LogP contribution < -0.4 is 5.36 Å². The zero-order chi connectivity index (χ0) is 18.8. The smallest absolute Gasteiger partial charge is 0.269 e. The number of nitrogens with zero attached hydrogens (tertiary/aromatic N) is 2. The summed E-state index contributed by atoms with van der Waals surface area (Å²) in [4.78, 5) is 15.0. The van der Waals surface area contributed by atoms with E-state index in [0.717, 1.165) is 5.56 Å². The van der Waals surface area contributed by atoms with Crippen molar-refractivity contribution in [3.8, 4) is 17.1 Å². The second-order valence-corrected chi connectivity index (χ2v) is 5.93. The molecule has 0 fully saturated rings. The molecule has 0 atom stereocenters. The van der Waals surface area contributed by atoms with Crippen molar-refractivity contribution in [2.24, 2.45) is 4.99 Å². The van der Waals surface area contributed by atoms with Crippen molar-refractivity contribution >= 4 is 22.3 Å². The predicted molar refractivity (Wildman–Crippen MR) is 102 cm³/mol. The molecule has 4 rings (SSSR count). The van der Waals surface area contributed by atoms with E-state index in [9.17, 15) is 15.2 Å². The summed E-state index contributed by atoms with van der Waals surface area (Å²) in [5.41, 5.74) is 2.04. The van der Waals surface area contributed by atoms with Crippen LogP contribution in [0.2, 0.25) is 0 Å². The van der Waals surface area contributed by atoms with Crippen LogP contribution in [-0.2, 0) is 0 Å². The number of rotatable bonds is 3. The topological polar surface area (TPSA) is 88.9 Å². The zero-order valence-corrected chi connectivity index (χ0v) is 14.1. The van der Waals surface area contributed by atoms with Crippen LogP contribution >= 0.6 is 0 Å². The molecular formula is C21H14N2O4. The molecule has 1 heterocycles. The number of phenols is 1. The van der Waals surface area contributed by atoms with Gasteiger partial charge in [-0.25, -0.2) is 4.99 Å². The van der Waals surface area contributed by atoms with Gasteiger partial charge in [0.15, 0.2) is 0 Å². The van der Waals surface area contributed by atoms with Gasteiger partial charge in [-0.2, -0.15) is 0 Å². The van der Waals surface area contributed by atoms with Gasteiger partial charge in [0.2, 0.25) is 0 Å². The number of non-ortho nitro benzene ring substituents is 1. The van der Waals surface area contributed by atoms with Crippen LogP contribution in [0.25, 0.3) is 22.3 Å². The molecule has 0 bridgehead atoms. The number of benzene rings is 3. The highest BCUT2D eigenvalue weighted by molar-refractivity contribution is 5.80. The fourth-order valence-electron chi connectivity index (χ4n) is 2.78. The molecule has 0 aliphatic carbocycles. The molecule has 0 saturated heterocycles. The third-order valence-electron chi connectivity index (χ3n) is 4.10. The molecule has 132 valence electrons. The molecule has 0 unspecified atom stereocenters. The Hall–Kier alpha value is -3.93. The summed E-state index contributed by atoms with van der Waals surface area (Å²) >= 11 is 0. The lowest BCUT2D eigenvalue weighted by molar-refractivity contribution is -0.384. The Labute approximate surface area is 153 Å². The van der Waals surface area contributed by atoms with Gasteiger partial charge in [-0.05, 0) is 30.3 Å². The lowest BCUT2D eigenvalue weighted by Gasteiger charge is -2.05. The third kappa shape index (κ3) is 3.41. The van der Waals surface area contributed by atoms with Gasteiger partial charge in [-0.15, -0.1) is 0 Å². The lowest BCUT2D eigenvalue weighted by atomic mass is 10.1. The monoisotopic (exact) mass is 358 g/mol. The van der Waals surface area contributed by atoms with E-state index in [1.165, 1.54) is 12.1 Å². The number of aromatic hydroxyl groups is 1. The van der Waals surface area contributed by atoms with Gasteiger partial charge < -0.3 is 9.52 Å². The summed E-state index contributed by atoms with van der Waals surface area (Å²) in [6.07, 6.45) is 0. The second-order valence-electron chi connectivity index (χ2n) is 5.93. The Kier molecular flexibility index (Phi) is 4.14. The minimum Gasteiger partial charge on any atom is -0.508 e. The highest BCUT2D eigenvalue weighted by atomic mass is 16.6. The van der Waals surface area contributed by atoms with E-state index in [1.54, 1.807) is 36.4 Å². The van der Waals surface area contributed by atoms with Crippen molar-refractivity contribution in [1.82, 2.24) is 0 Å². The molecule has 0 radical (unpaired) electrons. The summed E-state index contributed by atoms with van der Waals surface area (Å²) in [5.74, 6) is 0.736. The maximum absolute atomic E-state index is 10.8. The van der Waals surface area contributed by atoms with E-state index in [-0.39, 0.29) is 11.4 Å². The number of fused-ring (bicyclic) bond motifs is 1. The van der Waals surface area contributed by atoms with Gasteiger partial charge in [0, 0.05) is 29.1 Å². The van der Waals surface area contributed by atoms with Crippen LogP contribution in [0.3, 0.4) is 0 Å². The minimum absolute atomic E-state index is 0.00416. The Morgan fingerprint density at radius 2 is 1.67 bits per heavy atom. The fourth-order valence-corrected chi connectivity index (χ4v) is 2.78. The van der Waals surface area contributed by atoms with Gasteiger partial charge in [-0.1, -0.05) is 30.3 Å². The predicted octanol–water partition coefficient (Wildman–Crippen LogP) is 4.95. The van der Waals surface area contributed by atoms with Crippen LogP contribution in [0.4, 0.5) is 11.4 Å². The number of phenolic OH excluding ortho intramolecular Hbond substituents is 1. The van der Waals surface area contributed by atoms with E-state index in [1.807, 2.05) is 30.3 Å². The molecule has 0 amide bonds. The molecule has 6 heteroatoms. The largest absolute Gasteiger partial charge is 0.508 e. The van der Waals surface area contributed by atoms with E-state index in [2.05, 4.69) is 4.99 Å². The Morgan fingerprint density at radius 3 is 2.37 bits per heavy atom. The molecule has 0 saturated carbocycles. The van der Waals surface area contributed by atoms with Gasteiger partial charge in [0.25, 0.3) is 5.69 Å². The molecule has 6 nitrogen and oxygen atoms in total. The van der Waals surface area contributed by atoms with Crippen LogP contribution in [0.5, 0.6) is 5.75 Å².